The summed E-state index contributed by atoms with van der Waals surface area (Å²) in [4.78, 5) is 37.4. The summed E-state index contributed by atoms with van der Waals surface area (Å²) in [6, 6.07) is -0.745. The van der Waals surface area contributed by atoms with Crippen molar-refractivity contribution in [3.8, 4) is 0 Å². The van der Waals surface area contributed by atoms with Gasteiger partial charge in [-0.15, -0.1) is 0 Å². The van der Waals surface area contributed by atoms with Crippen LogP contribution in [0.4, 0.5) is 11.5 Å². The van der Waals surface area contributed by atoms with Gasteiger partial charge in [-0.05, 0) is 20.3 Å². The van der Waals surface area contributed by atoms with Crippen LogP contribution in [0, 0.1) is 0 Å². The van der Waals surface area contributed by atoms with Crippen molar-refractivity contribution < 1.29 is 9.53 Å². The van der Waals surface area contributed by atoms with E-state index < -0.39 is 23.3 Å². The van der Waals surface area contributed by atoms with Gasteiger partial charge in [-0.3, -0.25) is 14.3 Å². The Morgan fingerprint density at radius 1 is 1.43 bits per heavy atom. The molecular weight excluding hydrogens is 276 g/mol. The Labute approximate surface area is 122 Å². The summed E-state index contributed by atoms with van der Waals surface area (Å²) in [5.74, 6) is -0.476. The van der Waals surface area contributed by atoms with E-state index in [1.807, 2.05) is 6.92 Å². The van der Waals surface area contributed by atoms with Gasteiger partial charge in [-0.1, -0.05) is 13.3 Å². The number of hydrogen-bond acceptors (Lipinski definition) is 6. The Kier molecular flexibility index (Phi) is 6.01. The molecule has 0 saturated carbocycles. The Morgan fingerprint density at radius 2 is 2.10 bits per heavy atom. The van der Waals surface area contributed by atoms with Crippen molar-refractivity contribution in [2.75, 3.05) is 17.7 Å². The third-order valence-electron chi connectivity index (χ3n) is 2.98. The highest BCUT2D eigenvalue weighted by Gasteiger charge is 2.19. The molecule has 0 aliphatic carbocycles. The van der Waals surface area contributed by atoms with E-state index in [9.17, 15) is 14.4 Å². The number of carbonyl (C=O) groups excluding carboxylic acids is 1. The molecule has 0 fully saturated rings. The van der Waals surface area contributed by atoms with Gasteiger partial charge >= 0.3 is 11.7 Å². The van der Waals surface area contributed by atoms with Crippen molar-refractivity contribution >= 4 is 17.5 Å². The van der Waals surface area contributed by atoms with Gasteiger partial charge in [0.05, 0.1) is 6.61 Å². The highest BCUT2D eigenvalue weighted by atomic mass is 16.5. The Hall–Kier alpha value is -2.25. The van der Waals surface area contributed by atoms with Crippen molar-refractivity contribution in [2.24, 2.45) is 0 Å². The lowest BCUT2D eigenvalue weighted by atomic mass is 10.3. The van der Waals surface area contributed by atoms with Gasteiger partial charge in [0.15, 0.2) is 0 Å². The number of hydrogen-bond donors (Lipinski definition) is 3. The molecule has 0 aliphatic rings. The van der Waals surface area contributed by atoms with E-state index in [4.69, 9.17) is 10.5 Å². The predicted octanol–water partition coefficient (Wildman–Crippen LogP) is 0.282. The first-order chi connectivity index (χ1) is 9.92. The topological polar surface area (TPSA) is 119 Å². The monoisotopic (exact) mass is 298 g/mol. The van der Waals surface area contributed by atoms with Gasteiger partial charge in [0.2, 0.25) is 0 Å². The maximum Gasteiger partial charge on any atom is 0.330 e. The fraction of sp³-hybridized carbons (Fsp3) is 0.615. The van der Waals surface area contributed by atoms with Gasteiger partial charge in [0.1, 0.15) is 17.5 Å². The van der Waals surface area contributed by atoms with Crippen LogP contribution in [0.15, 0.2) is 9.59 Å². The van der Waals surface area contributed by atoms with Crippen LogP contribution in [0.2, 0.25) is 0 Å². The highest BCUT2D eigenvalue weighted by molar-refractivity contribution is 5.80. The standard InChI is InChI=1S/C13H22N4O4/c1-4-6-7-17-10(14)9(11(18)16-13(17)20)15-8(3)12(19)21-5-2/h8,15H,4-7,14H2,1-3H3,(H,16,18,20). The van der Waals surface area contributed by atoms with Gasteiger partial charge in [0, 0.05) is 6.54 Å². The van der Waals surface area contributed by atoms with Crippen LogP contribution in [0.1, 0.15) is 33.6 Å². The molecule has 118 valence electrons. The number of esters is 1. The molecule has 4 N–H and O–H groups in total. The molecule has 0 amide bonds. The Bertz CT molecular complexity index is 605. The van der Waals surface area contributed by atoms with Crippen LogP contribution in [-0.4, -0.2) is 28.2 Å². The number of ether oxygens (including phenoxy) is 1. The molecule has 0 aliphatic heterocycles. The first kappa shape index (κ1) is 16.8. The number of nitrogen functional groups attached to an aromatic ring is 1. The largest absolute Gasteiger partial charge is 0.464 e. The molecule has 1 aromatic rings. The van der Waals surface area contributed by atoms with E-state index in [-0.39, 0.29) is 18.1 Å². The predicted molar refractivity (Wildman–Crippen MR) is 80.4 cm³/mol. The summed E-state index contributed by atoms with van der Waals surface area (Å²) in [5.41, 5.74) is 4.68. The summed E-state index contributed by atoms with van der Waals surface area (Å²) in [5, 5.41) is 2.70. The van der Waals surface area contributed by atoms with E-state index in [0.717, 1.165) is 12.8 Å². The molecule has 1 heterocycles. The first-order valence-corrected chi connectivity index (χ1v) is 6.98. The number of H-pyrrole nitrogens is 1. The molecule has 1 atom stereocenters. The lowest BCUT2D eigenvalue weighted by Crippen LogP contribution is -2.37. The summed E-state index contributed by atoms with van der Waals surface area (Å²) < 4.78 is 6.13. The average molecular weight is 298 g/mol. The van der Waals surface area contributed by atoms with E-state index >= 15 is 0 Å². The minimum Gasteiger partial charge on any atom is -0.464 e. The fourth-order valence-electron chi connectivity index (χ4n) is 1.81. The number of unbranched alkanes of at least 4 members (excludes halogenated alkanes) is 1. The summed E-state index contributed by atoms with van der Waals surface area (Å²) in [6.45, 7) is 5.87. The number of rotatable bonds is 7. The van der Waals surface area contributed by atoms with Gasteiger partial charge in [0.25, 0.3) is 5.56 Å². The molecule has 0 bridgehead atoms. The third kappa shape index (κ3) is 4.11. The van der Waals surface area contributed by atoms with Crippen LogP contribution in [0.25, 0.3) is 0 Å². The zero-order valence-electron chi connectivity index (χ0n) is 12.6. The smallest absolute Gasteiger partial charge is 0.330 e. The maximum atomic E-state index is 11.8. The number of nitrogens with zero attached hydrogens (tertiary/aromatic N) is 1. The second-order valence-corrected chi connectivity index (χ2v) is 4.64. The summed E-state index contributed by atoms with van der Waals surface area (Å²) in [7, 11) is 0. The molecule has 0 spiro atoms. The molecule has 0 radical (unpaired) electrons. The minimum atomic E-state index is -0.745. The molecule has 1 aromatic heterocycles. The zero-order valence-corrected chi connectivity index (χ0v) is 12.6. The molecule has 8 nitrogen and oxygen atoms in total. The molecule has 8 heteroatoms. The van der Waals surface area contributed by atoms with E-state index in [2.05, 4.69) is 10.3 Å². The maximum absolute atomic E-state index is 11.8. The van der Waals surface area contributed by atoms with E-state index in [0.29, 0.717) is 6.54 Å². The van der Waals surface area contributed by atoms with Gasteiger partial charge in [-0.2, -0.15) is 0 Å². The van der Waals surface area contributed by atoms with E-state index in [1.165, 1.54) is 4.57 Å². The Morgan fingerprint density at radius 3 is 2.67 bits per heavy atom. The number of carbonyl (C=O) groups is 1. The van der Waals surface area contributed by atoms with Crippen molar-refractivity contribution in [2.45, 2.75) is 46.2 Å². The van der Waals surface area contributed by atoms with Gasteiger partial charge < -0.3 is 15.8 Å². The lowest BCUT2D eigenvalue weighted by molar-refractivity contribution is -0.143. The van der Waals surface area contributed by atoms with Crippen molar-refractivity contribution in [3.63, 3.8) is 0 Å². The number of anilines is 2. The quantitative estimate of drug-likeness (QED) is 0.622. The van der Waals surface area contributed by atoms with Crippen molar-refractivity contribution in [1.82, 2.24) is 9.55 Å². The number of nitrogens with one attached hydrogen (secondary N) is 2. The second-order valence-electron chi connectivity index (χ2n) is 4.64. The van der Waals surface area contributed by atoms with Crippen LogP contribution >= 0.6 is 0 Å². The zero-order chi connectivity index (χ0) is 16.0. The minimum absolute atomic E-state index is 0.00579. The van der Waals surface area contributed by atoms with Crippen LogP contribution < -0.4 is 22.3 Å². The van der Waals surface area contributed by atoms with Crippen LogP contribution in [0.5, 0.6) is 0 Å². The summed E-state index contributed by atoms with van der Waals surface area (Å²) in [6.07, 6.45) is 1.63. The second kappa shape index (κ2) is 7.51. The third-order valence-corrected chi connectivity index (χ3v) is 2.98. The van der Waals surface area contributed by atoms with Crippen LogP contribution in [0.3, 0.4) is 0 Å². The number of aromatic amines is 1. The average Bonchev–Trinajstić information content (AvgIpc) is 2.43. The first-order valence-electron chi connectivity index (χ1n) is 6.98. The molecule has 0 saturated heterocycles. The lowest BCUT2D eigenvalue weighted by Gasteiger charge is -2.17. The SMILES string of the molecule is CCCCn1c(N)c(NC(C)C(=O)OCC)c(=O)[nH]c1=O. The highest BCUT2D eigenvalue weighted by Crippen LogP contribution is 2.12. The van der Waals surface area contributed by atoms with Gasteiger partial charge in [-0.25, -0.2) is 9.59 Å². The number of aromatic nitrogens is 2. The normalized spacial score (nSPS) is 12.0. The fourth-order valence-corrected chi connectivity index (χ4v) is 1.81. The van der Waals surface area contributed by atoms with Crippen LogP contribution in [-0.2, 0) is 16.1 Å². The molecule has 1 unspecified atom stereocenters. The summed E-state index contributed by atoms with van der Waals surface area (Å²) >= 11 is 0. The van der Waals surface area contributed by atoms with E-state index in [1.54, 1.807) is 13.8 Å². The molecule has 1 rings (SSSR count). The molecule has 0 aromatic carbocycles. The Balaban J connectivity index is 3.09. The number of nitrogens with two attached hydrogens (primary N) is 1. The molecule has 21 heavy (non-hydrogen) atoms. The molecular formula is C13H22N4O4. The van der Waals surface area contributed by atoms with Crippen molar-refractivity contribution in [1.29, 1.82) is 0 Å². The van der Waals surface area contributed by atoms with Crippen molar-refractivity contribution in [3.05, 3.63) is 20.8 Å².